The van der Waals surface area contributed by atoms with E-state index in [1.165, 1.54) is 4.57 Å². The maximum absolute atomic E-state index is 9.42. The van der Waals surface area contributed by atoms with Gasteiger partial charge in [0, 0.05) is 52.8 Å². The molecule has 0 amide bonds. The van der Waals surface area contributed by atoms with E-state index in [2.05, 4.69) is 0 Å². The summed E-state index contributed by atoms with van der Waals surface area (Å²) >= 11 is 0.944. The van der Waals surface area contributed by atoms with E-state index in [-0.39, 0.29) is 83.7 Å². The van der Waals surface area contributed by atoms with E-state index in [1.54, 1.807) is 0 Å². The second-order valence-corrected chi connectivity index (χ2v) is 11.5. The van der Waals surface area contributed by atoms with Gasteiger partial charge in [-0.25, -0.2) is 4.98 Å². The molecule has 0 fully saturated rings. The molecule has 45 heavy (non-hydrogen) atoms. The van der Waals surface area contributed by atoms with Crippen LogP contribution in [0.2, 0.25) is 0 Å². The van der Waals surface area contributed by atoms with Crippen LogP contribution in [0.5, 0.6) is 0 Å². The van der Waals surface area contributed by atoms with Crippen LogP contribution < -0.4 is 0 Å². The van der Waals surface area contributed by atoms with Crippen molar-refractivity contribution in [1.82, 2.24) is 19.5 Å². The standard InChI is InChI=1S/C39H22N4OS/c1-2-10-23(11-3-1)37-40-38(24-18-19-26-25-12-5-8-16-31(25)44-32(26)22-24)42-39(41-37)43-29-15-7-4-13-27(29)35-30(43)20-21-34-36(35)28-14-6-9-17-33(28)45-34/h1-22H/i4D,6D,7D,9D,13D,14D,15D,17D,20D,21D. The lowest BCUT2D eigenvalue weighted by Crippen LogP contribution is -2.06. The summed E-state index contributed by atoms with van der Waals surface area (Å²) in [5, 5.41) is 2.24. The van der Waals surface area contributed by atoms with Crippen LogP contribution in [-0.2, 0) is 0 Å². The first-order valence-corrected chi connectivity index (χ1v) is 14.9. The molecule has 0 N–H and O–H groups in total. The Morgan fingerprint density at radius 3 is 2.22 bits per heavy atom. The van der Waals surface area contributed by atoms with Gasteiger partial charge >= 0.3 is 0 Å². The third-order valence-electron chi connectivity index (χ3n) is 7.97. The Balaban J connectivity index is 1.39. The Morgan fingerprint density at radius 2 is 1.31 bits per heavy atom. The number of hydrogen-bond acceptors (Lipinski definition) is 5. The van der Waals surface area contributed by atoms with Crippen molar-refractivity contribution in [3.8, 4) is 28.7 Å². The van der Waals surface area contributed by atoms with Gasteiger partial charge in [-0.05, 0) is 42.4 Å². The SMILES string of the molecule is [2H]c1c([2H])c([2H])c2c(sc3c([2H])c([2H])c4c(c5c([2H])c([2H])c([2H])c([2H])c5n4-c4nc(-c5ccccc5)nc(-c5ccc6c(c5)oc5ccccc56)n4)c32)c1[2H]. The maximum atomic E-state index is 9.42. The van der Waals surface area contributed by atoms with Crippen molar-refractivity contribution in [3.05, 3.63) is 133 Å². The van der Waals surface area contributed by atoms with Crippen LogP contribution >= 0.6 is 11.3 Å². The summed E-state index contributed by atoms with van der Waals surface area (Å²) in [6.45, 7) is 0. The molecule has 0 aliphatic carbocycles. The van der Waals surface area contributed by atoms with Crippen LogP contribution in [0.4, 0.5) is 0 Å². The summed E-state index contributed by atoms with van der Waals surface area (Å²) < 4.78 is 96.6. The molecule has 10 rings (SSSR count). The maximum Gasteiger partial charge on any atom is 0.238 e. The van der Waals surface area contributed by atoms with Crippen LogP contribution in [-0.4, -0.2) is 19.5 Å². The van der Waals surface area contributed by atoms with Crippen molar-refractivity contribution < 1.29 is 18.1 Å². The molecule has 6 aromatic carbocycles. The minimum Gasteiger partial charge on any atom is -0.456 e. The van der Waals surface area contributed by atoms with Gasteiger partial charge in [-0.15, -0.1) is 11.3 Å². The van der Waals surface area contributed by atoms with E-state index in [9.17, 15) is 4.11 Å². The molecule has 0 aliphatic heterocycles. The minimum absolute atomic E-state index is 0.00136. The lowest BCUT2D eigenvalue weighted by Gasteiger charge is -2.11. The highest BCUT2D eigenvalue weighted by Crippen LogP contribution is 2.43. The molecular weight excluding hydrogens is 573 g/mol. The summed E-state index contributed by atoms with van der Waals surface area (Å²) in [6, 6.07) is 18.2. The Kier molecular flexibility index (Phi) is 3.49. The zero-order valence-corrected chi connectivity index (χ0v) is 23.9. The Morgan fingerprint density at radius 1 is 0.556 bits per heavy atom. The fourth-order valence-corrected chi connectivity index (χ4v) is 6.97. The minimum atomic E-state index is -0.541. The van der Waals surface area contributed by atoms with Gasteiger partial charge in [-0.2, -0.15) is 9.97 Å². The molecule has 5 nitrogen and oxygen atoms in total. The van der Waals surface area contributed by atoms with Crippen molar-refractivity contribution in [3.63, 3.8) is 0 Å². The molecule has 210 valence electrons. The number of rotatable bonds is 3. The first kappa shape index (κ1) is 16.9. The predicted octanol–water partition coefficient (Wildman–Crippen LogP) is 10.6. The van der Waals surface area contributed by atoms with Crippen LogP contribution in [0.3, 0.4) is 0 Å². The molecule has 6 heteroatoms. The second kappa shape index (κ2) is 9.32. The lowest BCUT2D eigenvalue weighted by atomic mass is 10.1. The Bertz CT molecular complexity index is 3340. The molecule has 10 aromatic rings. The van der Waals surface area contributed by atoms with Crippen LogP contribution in [0.1, 0.15) is 13.7 Å². The number of thiophene rings is 1. The third-order valence-corrected chi connectivity index (χ3v) is 8.99. The second-order valence-electron chi connectivity index (χ2n) is 10.5. The average Bonchev–Trinajstić information content (AvgIpc) is 3.90. The summed E-state index contributed by atoms with van der Waals surface area (Å²) in [7, 11) is 0. The van der Waals surface area contributed by atoms with E-state index in [0.717, 1.165) is 22.1 Å². The number of nitrogens with zero attached hydrogens (tertiary/aromatic N) is 4. The highest BCUT2D eigenvalue weighted by atomic mass is 32.1. The molecule has 4 aromatic heterocycles. The largest absolute Gasteiger partial charge is 0.456 e. The monoisotopic (exact) mass is 604 g/mol. The van der Waals surface area contributed by atoms with Gasteiger partial charge in [-0.1, -0.05) is 90.9 Å². The van der Waals surface area contributed by atoms with Crippen molar-refractivity contribution in [2.75, 3.05) is 0 Å². The highest BCUT2D eigenvalue weighted by Gasteiger charge is 2.21. The van der Waals surface area contributed by atoms with E-state index < -0.39 is 36.3 Å². The van der Waals surface area contributed by atoms with Gasteiger partial charge in [0.2, 0.25) is 5.95 Å². The summed E-state index contributed by atoms with van der Waals surface area (Å²) in [6.07, 6.45) is 0. The van der Waals surface area contributed by atoms with E-state index in [0.29, 0.717) is 22.3 Å². The zero-order chi connectivity index (χ0) is 38.2. The van der Waals surface area contributed by atoms with E-state index in [4.69, 9.17) is 29.0 Å². The lowest BCUT2D eigenvalue weighted by molar-refractivity contribution is 0.669. The van der Waals surface area contributed by atoms with Crippen molar-refractivity contribution in [2.45, 2.75) is 0 Å². The van der Waals surface area contributed by atoms with E-state index in [1.807, 2.05) is 72.8 Å². The normalized spacial score (nSPS) is 15.1. The number of aromatic nitrogens is 4. The quantitative estimate of drug-likeness (QED) is 0.201. The molecular formula is C39H22N4OS. The van der Waals surface area contributed by atoms with E-state index >= 15 is 0 Å². The van der Waals surface area contributed by atoms with Gasteiger partial charge in [0.15, 0.2) is 11.6 Å². The summed E-state index contributed by atoms with van der Waals surface area (Å²) in [5.41, 5.74) is 2.40. The molecule has 0 saturated heterocycles. The topological polar surface area (TPSA) is 56.7 Å². The van der Waals surface area contributed by atoms with Crippen molar-refractivity contribution in [2.24, 2.45) is 0 Å². The summed E-state index contributed by atoms with van der Waals surface area (Å²) in [4.78, 5) is 14.6. The van der Waals surface area contributed by atoms with Crippen molar-refractivity contribution in [1.29, 1.82) is 0 Å². The number of furan rings is 1. The first-order valence-electron chi connectivity index (χ1n) is 19.1. The van der Waals surface area contributed by atoms with Gasteiger partial charge < -0.3 is 4.42 Å². The molecule has 0 aliphatic rings. The number of fused-ring (bicyclic) bond motifs is 10. The number of hydrogen-bond donors (Lipinski definition) is 0. The molecule has 0 spiro atoms. The highest BCUT2D eigenvalue weighted by molar-refractivity contribution is 7.26. The third kappa shape index (κ3) is 3.63. The van der Waals surface area contributed by atoms with Crippen LogP contribution in [0, 0.1) is 0 Å². The molecule has 0 unspecified atom stereocenters. The molecule has 4 heterocycles. The first-order chi connectivity index (χ1) is 26.5. The zero-order valence-electron chi connectivity index (χ0n) is 33.0. The molecule has 0 radical (unpaired) electrons. The summed E-state index contributed by atoms with van der Waals surface area (Å²) in [5.74, 6) is 0.345. The number of para-hydroxylation sites is 2. The molecule has 0 saturated carbocycles. The smallest absolute Gasteiger partial charge is 0.238 e. The predicted molar refractivity (Wildman–Crippen MR) is 185 cm³/mol. The Hall–Kier alpha value is -5.85. The molecule has 0 atom stereocenters. The van der Waals surface area contributed by atoms with Crippen molar-refractivity contribution >= 4 is 75.3 Å². The molecule has 0 bridgehead atoms. The number of benzene rings is 6. The fourth-order valence-electron chi connectivity index (χ4n) is 6.00. The fraction of sp³-hybridized carbons (Fsp3) is 0. The average molecular weight is 605 g/mol. The van der Waals surface area contributed by atoms with Gasteiger partial charge in [0.05, 0.1) is 24.7 Å². The van der Waals surface area contributed by atoms with Crippen LogP contribution in [0.15, 0.2) is 138 Å². The van der Waals surface area contributed by atoms with Gasteiger partial charge in [-0.3, -0.25) is 4.57 Å². The Labute approximate surface area is 274 Å². The van der Waals surface area contributed by atoms with Crippen LogP contribution in [0.25, 0.3) is 92.6 Å². The van der Waals surface area contributed by atoms with Gasteiger partial charge in [0.1, 0.15) is 11.2 Å². The van der Waals surface area contributed by atoms with Gasteiger partial charge in [0.25, 0.3) is 0 Å².